The second kappa shape index (κ2) is 8.22. The molecule has 4 aromatic rings. The topological polar surface area (TPSA) is 91.9 Å². The number of thiazole rings is 1. The zero-order valence-corrected chi connectivity index (χ0v) is 17.7. The van der Waals surface area contributed by atoms with E-state index in [4.69, 9.17) is 4.74 Å². The van der Waals surface area contributed by atoms with Crippen LogP contribution in [0.25, 0.3) is 20.9 Å². The van der Waals surface area contributed by atoms with Crippen molar-refractivity contribution < 1.29 is 9.84 Å². The number of phenolic OH excluding ortho intramolecular Hbond substituents is 1. The quantitative estimate of drug-likeness (QED) is 0.540. The number of hydrogen-bond acceptors (Lipinski definition) is 7. The molecule has 1 N–H and O–H groups in total. The van der Waals surface area contributed by atoms with Gasteiger partial charge in [-0.3, -0.25) is 0 Å². The average molecular weight is 385 g/mol. The molecule has 0 bridgehead atoms. The molecular weight excluding hydrogens is 375 g/mol. The van der Waals surface area contributed by atoms with Gasteiger partial charge in [-0.25, -0.2) is 15.0 Å². The number of ether oxygens (including phenoxy) is 1. The summed E-state index contributed by atoms with van der Waals surface area (Å²) in [6.07, 6.45) is 3.14. The summed E-state index contributed by atoms with van der Waals surface area (Å²) in [6, 6.07) is 14.0. The minimum absolute atomic E-state index is 0. The fourth-order valence-corrected chi connectivity index (χ4v) is 3.19. The standard InChI is InChI=1S/C18H10N4O2S.K/c19-8-12-7-11(17-22-13-9-20-10-21-18(13)25-17)5-6-15(12)24-16-4-2-1-3-14(16)23;/h1-7,9-10,23H;. The Hall–Kier alpha value is -1.86. The van der Waals surface area contributed by atoms with Crippen molar-refractivity contribution in [3.05, 3.63) is 60.6 Å². The van der Waals surface area contributed by atoms with E-state index in [1.54, 1.807) is 36.5 Å². The van der Waals surface area contributed by atoms with Gasteiger partial charge in [0.15, 0.2) is 11.5 Å². The van der Waals surface area contributed by atoms with Gasteiger partial charge in [0.05, 0.1) is 11.8 Å². The monoisotopic (exact) mass is 385 g/mol. The Kier molecular flexibility index (Phi) is 5.98. The van der Waals surface area contributed by atoms with Gasteiger partial charge >= 0.3 is 0 Å². The van der Waals surface area contributed by atoms with Gasteiger partial charge in [0.2, 0.25) is 0 Å². The van der Waals surface area contributed by atoms with Crippen molar-refractivity contribution in [2.75, 3.05) is 0 Å². The van der Waals surface area contributed by atoms with Gasteiger partial charge in [0.25, 0.3) is 0 Å². The molecule has 1 radical (unpaired) electrons. The van der Waals surface area contributed by atoms with E-state index in [2.05, 4.69) is 21.0 Å². The van der Waals surface area contributed by atoms with E-state index in [1.807, 2.05) is 6.07 Å². The van der Waals surface area contributed by atoms with Crippen LogP contribution >= 0.6 is 11.3 Å². The maximum Gasteiger partial charge on any atom is 0.169 e. The molecule has 4 rings (SSSR count). The smallest absolute Gasteiger partial charge is 0.169 e. The normalized spacial score (nSPS) is 10.1. The van der Waals surface area contributed by atoms with Crippen molar-refractivity contribution in [1.29, 1.82) is 5.26 Å². The molecular formula is C18H10KN4O2S. The van der Waals surface area contributed by atoms with Crippen molar-refractivity contribution >= 4 is 73.1 Å². The van der Waals surface area contributed by atoms with Gasteiger partial charge in [-0.1, -0.05) is 23.5 Å². The number of fused-ring (bicyclic) bond motifs is 1. The van der Waals surface area contributed by atoms with Crippen molar-refractivity contribution in [2.45, 2.75) is 0 Å². The zero-order valence-electron chi connectivity index (χ0n) is 13.7. The summed E-state index contributed by atoms with van der Waals surface area (Å²) in [6.45, 7) is 0. The molecule has 0 saturated heterocycles. The van der Waals surface area contributed by atoms with Gasteiger partial charge in [0, 0.05) is 56.9 Å². The van der Waals surface area contributed by atoms with E-state index in [-0.39, 0.29) is 57.1 Å². The van der Waals surface area contributed by atoms with Crippen molar-refractivity contribution in [3.8, 4) is 33.9 Å². The van der Waals surface area contributed by atoms with Gasteiger partial charge in [-0.05, 0) is 30.3 Å². The van der Waals surface area contributed by atoms with Crippen LogP contribution in [0.15, 0.2) is 55.0 Å². The molecule has 121 valence electrons. The second-order valence-electron chi connectivity index (χ2n) is 5.12. The number of hydrogen-bond donors (Lipinski definition) is 1. The molecule has 0 aliphatic carbocycles. The number of phenols is 1. The number of aromatic hydroxyl groups is 1. The number of rotatable bonds is 3. The van der Waals surface area contributed by atoms with E-state index in [1.165, 1.54) is 23.7 Å². The largest absolute Gasteiger partial charge is 0.504 e. The molecule has 8 heteroatoms. The Labute approximate surface area is 195 Å². The Morgan fingerprint density at radius 1 is 1.12 bits per heavy atom. The predicted octanol–water partition coefficient (Wildman–Crippen LogP) is 3.74. The minimum atomic E-state index is 0. The molecule has 2 heterocycles. The van der Waals surface area contributed by atoms with Crippen molar-refractivity contribution in [2.24, 2.45) is 0 Å². The SMILES string of the molecule is N#Cc1cc(-c2nc3cncnc3s2)ccc1Oc1ccccc1O.[K]. The van der Waals surface area contributed by atoms with E-state index in [9.17, 15) is 10.4 Å². The van der Waals surface area contributed by atoms with Crippen LogP contribution < -0.4 is 4.74 Å². The van der Waals surface area contributed by atoms with Gasteiger partial charge < -0.3 is 9.84 Å². The minimum Gasteiger partial charge on any atom is -0.504 e. The summed E-state index contributed by atoms with van der Waals surface area (Å²) >= 11 is 1.43. The predicted molar refractivity (Wildman–Crippen MR) is 99.3 cm³/mol. The molecule has 0 atom stereocenters. The molecule has 0 aliphatic rings. The van der Waals surface area contributed by atoms with Crippen molar-refractivity contribution in [3.63, 3.8) is 0 Å². The van der Waals surface area contributed by atoms with Gasteiger partial charge in [-0.2, -0.15) is 5.26 Å². The Morgan fingerprint density at radius 2 is 1.96 bits per heavy atom. The molecule has 6 nitrogen and oxygen atoms in total. The first-order valence-electron chi connectivity index (χ1n) is 7.31. The number of nitriles is 1. The molecule has 2 aromatic carbocycles. The van der Waals surface area contributed by atoms with Gasteiger partial charge in [0.1, 0.15) is 33.5 Å². The summed E-state index contributed by atoms with van der Waals surface area (Å²) < 4.78 is 5.67. The molecule has 0 unspecified atom stereocenters. The zero-order chi connectivity index (χ0) is 17.2. The first-order valence-corrected chi connectivity index (χ1v) is 8.13. The fraction of sp³-hybridized carbons (Fsp3) is 0. The van der Waals surface area contributed by atoms with E-state index < -0.39 is 0 Å². The van der Waals surface area contributed by atoms with Crippen molar-refractivity contribution in [1.82, 2.24) is 15.0 Å². The number of para-hydroxylation sites is 2. The Balaban J connectivity index is 0.00000196. The molecule has 0 saturated carbocycles. The fourth-order valence-electron chi connectivity index (χ4n) is 2.31. The van der Waals surface area contributed by atoms with Crippen LogP contribution in [0.3, 0.4) is 0 Å². The Bertz CT molecular complexity index is 1090. The van der Waals surface area contributed by atoms with Gasteiger partial charge in [-0.15, -0.1) is 0 Å². The molecule has 26 heavy (non-hydrogen) atoms. The van der Waals surface area contributed by atoms with Crippen LogP contribution in [-0.4, -0.2) is 71.4 Å². The molecule has 0 aliphatic heterocycles. The van der Waals surface area contributed by atoms with Crippen LogP contribution in [0.5, 0.6) is 17.2 Å². The summed E-state index contributed by atoms with van der Waals surface area (Å²) in [4.78, 5) is 13.4. The molecule has 0 fully saturated rings. The Morgan fingerprint density at radius 3 is 2.73 bits per heavy atom. The van der Waals surface area contributed by atoms with E-state index >= 15 is 0 Å². The number of aromatic nitrogens is 3. The summed E-state index contributed by atoms with van der Waals surface area (Å²) in [5.41, 5.74) is 1.87. The van der Waals surface area contributed by atoms with Crippen LogP contribution in [0.2, 0.25) is 0 Å². The molecule has 0 spiro atoms. The number of nitrogens with zero attached hydrogens (tertiary/aromatic N) is 4. The first-order chi connectivity index (χ1) is 12.2. The third-order valence-corrected chi connectivity index (χ3v) is 4.53. The maximum atomic E-state index is 9.82. The van der Waals surface area contributed by atoms with Crippen LogP contribution in [0.4, 0.5) is 0 Å². The number of benzene rings is 2. The third kappa shape index (κ3) is 3.78. The summed E-state index contributed by atoms with van der Waals surface area (Å²) in [5.74, 6) is 0.677. The van der Waals surface area contributed by atoms with Crippen LogP contribution in [0, 0.1) is 11.3 Å². The van der Waals surface area contributed by atoms with E-state index in [0.29, 0.717) is 17.1 Å². The average Bonchev–Trinajstić information content (AvgIpc) is 3.08. The second-order valence-corrected chi connectivity index (χ2v) is 6.10. The van der Waals surface area contributed by atoms with E-state index in [0.717, 1.165) is 20.9 Å². The van der Waals surface area contributed by atoms with Crippen LogP contribution in [-0.2, 0) is 0 Å². The molecule has 2 aromatic heterocycles. The molecule has 0 amide bonds. The summed E-state index contributed by atoms with van der Waals surface area (Å²) in [7, 11) is 0. The van der Waals surface area contributed by atoms with Crippen LogP contribution in [0.1, 0.15) is 5.56 Å². The first kappa shape index (κ1) is 18.9. The third-order valence-electron chi connectivity index (χ3n) is 3.51. The summed E-state index contributed by atoms with van der Waals surface area (Å²) in [5, 5.41) is 20.0. The maximum absolute atomic E-state index is 9.82.